The first-order chi connectivity index (χ1) is 14.2. The second-order valence-electron chi connectivity index (χ2n) is 8.70. The molecule has 1 unspecified atom stereocenters. The lowest BCUT2D eigenvalue weighted by atomic mass is 9.88. The van der Waals surface area contributed by atoms with Crippen LogP contribution in [0.2, 0.25) is 0 Å². The minimum atomic E-state index is -0.721. The van der Waals surface area contributed by atoms with Gasteiger partial charge in [-0.3, -0.25) is 9.59 Å². The van der Waals surface area contributed by atoms with Crippen LogP contribution >= 0.6 is 0 Å². The van der Waals surface area contributed by atoms with Crippen molar-refractivity contribution < 1.29 is 19.1 Å². The van der Waals surface area contributed by atoms with E-state index < -0.39 is 17.7 Å². The molecule has 30 heavy (non-hydrogen) atoms. The van der Waals surface area contributed by atoms with Crippen molar-refractivity contribution in [3.05, 3.63) is 35.9 Å². The summed E-state index contributed by atoms with van der Waals surface area (Å²) < 4.78 is 5.23. The molecule has 0 heterocycles. The fourth-order valence-corrected chi connectivity index (χ4v) is 3.34. The van der Waals surface area contributed by atoms with Crippen molar-refractivity contribution in [2.24, 2.45) is 0 Å². The zero-order valence-electron chi connectivity index (χ0n) is 18.6. The van der Waals surface area contributed by atoms with E-state index in [9.17, 15) is 14.4 Å². The van der Waals surface area contributed by atoms with E-state index in [4.69, 9.17) is 4.74 Å². The molecule has 1 aromatic rings. The number of hydrogen-bond acceptors (Lipinski definition) is 4. The Balaban J connectivity index is 2.19. The van der Waals surface area contributed by atoms with E-state index in [1.165, 1.54) is 0 Å². The van der Waals surface area contributed by atoms with Gasteiger partial charge in [0.15, 0.2) is 0 Å². The van der Waals surface area contributed by atoms with Gasteiger partial charge in [0.1, 0.15) is 18.2 Å². The molecule has 7 nitrogen and oxygen atoms in total. The number of carbonyl (C=O) groups is 3. The fraction of sp³-hybridized carbons (Fsp3) is 0.609. The maximum Gasteiger partial charge on any atom is 0.408 e. The minimum absolute atomic E-state index is 0.0138. The van der Waals surface area contributed by atoms with Gasteiger partial charge in [-0.05, 0) is 52.0 Å². The molecule has 1 saturated carbocycles. The third-order valence-corrected chi connectivity index (χ3v) is 5.01. The van der Waals surface area contributed by atoms with Crippen molar-refractivity contribution >= 4 is 17.9 Å². The highest BCUT2D eigenvalue weighted by Gasteiger charge is 2.38. The summed E-state index contributed by atoms with van der Waals surface area (Å²) in [4.78, 5) is 39.9. The van der Waals surface area contributed by atoms with Crippen LogP contribution in [0.1, 0.15) is 71.4 Å². The molecule has 2 rings (SSSR count). The fourth-order valence-electron chi connectivity index (χ4n) is 3.34. The number of unbranched alkanes of at least 4 members (excludes halogenated alkanes) is 1. The predicted octanol–water partition coefficient (Wildman–Crippen LogP) is 3.55. The third-order valence-electron chi connectivity index (χ3n) is 5.01. The average molecular weight is 418 g/mol. The second-order valence-corrected chi connectivity index (χ2v) is 8.70. The SMILES string of the molecule is CCCCNC(=O)C(c1ccccc1)N(C(=O)CNC(=O)OC(C)(C)C)C1CCC1. The van der Waals surface area contributed by atoms with Crippen LogP contribution in [0.4, 0.5) is 4.79 Å². The first-order valence-corrected chi connectivity index (χ1v) is 10.8. The summed E-state index contributed by atoms with van der Waals surface area (Å²) in [5.41, 5.74) is 0.121. The number of amides is 3. The highest BCUT2D eigenvalue weighted by molar-refractivity contribution is 5.90. The number of carbonyl (C=O) groups excluding carboxylic acids is 3. The lowest BCUT2D eigenvalue weighted by molar-refractivity contribution is -0.145. The Kier molecular flexibility index (Phi) is 8.69. The number of nitrogens with one attached hydrogen (secondary N) is 2. The molecule has 0 aliphatic heterocycles. The van der Waals surface area contributed by atoms with Gasteiger partial charge in [-0.1, -0.05) is 43.7 Å². The number of alkyl carbamates (subject to hydrolysis) is 1. The number of hydrogen-bond donors (Lipinski definition) is 2. The standard InChI is InChI=1S/C23H35N3O4/c1-5-6-15-24-21(28)20(17-11-8-7-9-12-17)26(18-13-10-14-18)19(27)16-25-22(29)30-23(2,3)4/h7-9,11-12,18,20H,5-6,10,13-16H2,1-4H3,(H,24,28)(H,25,29). The Morgan fingerprint density at radius 3 is 2.33 bits per heavy atom. The molecule has 7 heteroatoms. The van der Waals surface area contributed by atoms with Gasteiger partial charge in [0, 0.05) is 12.6 Å². The maximum absolute atomic E-state index is 13.2. The van der Waals surface area contributed by atoms with Gasteiger partial charge < -0.3 is 20.3 Å². The molecule has 1 aliphatic rings. The number of benzene rings is 1. The van der Waals surface area contributed by atoms with Gasteiger partial charge in [0.05, 0.1) is 0 Å². The molecule has 2 N–H and O–H groups in total. The van der Waals surface area contributed by atoms with Gasteiger partial charge in [0.2, 0.25) is 11.8 Å². The molecule has 166 valence electrons. The maximum atomic E-state index is 13.2. The van der Waals surface area contributed by atoms with Crippen LogP contribution in [-0.2, 0) is 14.3 Å². The lowest BCUT2D eigenvalue weighted by Crippen LogP contribution is -2.53. The van der Waals surface area contributed by atoms with E-state index in [2.05, 4.69) is 17.6 Å². The van der Waals surface area contributed by atoms with Crippen molar-refractivity contribution in [1.82, 2.24) is 15.5 Å². The molecule has 0 spiro atoms. The molecular formula is C23H35N3O4. The van der Waals surface area contributed by atoms with Crippen LogP contribution in [-0.4, -0.2) is 47.5 Å². The van der Waals surface area contributed by atoms with Gasteiger partial charge in [-0.2, -0.15) is 0 Å². The monoisotopic (exact) mass is 417 g/mol. The Hall–Kier alpha value is -2.57. The van der Waals surface area contributed by atoms with Gasteiger partial charge >= 0.3 is 6.09 Å². The normalized spacial score (nSPS) is 14.9. The van der Waals surface area contributed by atoms with Crippen molar-refractivity contribution in [3.63, 3.8) is 0 Å². The van der Waals surface area contributed by atoms with E-state index in [0.29, 0.717) is 6.54 Å². The molecule has 0 saturated heterocycles. The summed E-state index contributed by atoms with van der Waals surface area (Å²) >= 11 is 0. The summed E-state index contributed by atoms with van der Waals surface area (Å²) in [6.45, 7) is 7.72. The topological polar surface area (TPSA) is 87.7 Å². The quantitative estimate of drug-likeness (QED) is 0.602. The molecule has 1 aromatic carbocycles. The van der Waals surface area contributed by atoms with E-state index in [0.717, 1.165) is 37.7 Å². The predicted molar refractivity (Wildman–Crippen MR) is 116 cm³/mol. The van der Waals surface area contributed by atoms with Crippen LogP contribution in [0.5, 0.6) is 0 Å². The zero-order chi connectivity index (χ0) is 22.1. The molecule has 1 atom stereocenters. The molecule has 1 fully saturated rings. The van der Waals surface area contributed by atoms with Gasteiger partial charge in [0.25, 0.3) is 0 Å². The number of nitrogens with zero attached hydrogens (tertiary/aromatic N) is 1. The van der Waals surface area contributed by atoms with Crippen molar-refractivity contribution in [3.8, 4) is 0 Å². The van der Waals surface area contributed by atoms with Crippen molar-refractivity contribution in [2.75, 3.05) is 13.1 Å². The lowest BCUT2D eigenvalue weighted by Gasteiger charge is -2.42. The van der Waals surface area contributed by atoms with Crippen molar-refractivity contribution in [2.45, 2.75) is 77.5 Å². The van der Waals surface area contributed by atoms with E-state index >= 15 is 0 Å². The Bertz CT molecular complexity index is 711. The highest BCUT2D eigenvalue weighted by atomic mass is 16.6. The van der Waals surface area contributed by atoms with E-state index in [1.807, 2.05) is 30.3 Å². The first kappa shape index (κ1) is 23.7. The molecule has 0 bridgehead atoms. The van der Waals surface area contributed by atoms with E-state index in [-0.39, 0.29) is 24.4 Å². The van der Waals surface area contributed by atoms with Crippen LogP contribution in [0, 0.1) is 0 Å². The zero-order valence-corrected chi connectivity index (χ0v) is 18.6. The minimum Gasteiger partial charge on any atom is -0.444 e. The molecule has 0 aromatic heterocycles. The Labute approximate surface area is 179 Å². The number of ether oxygens (including phenoxy) is 1. The van der Waals surface area contributed by atoms with Crippen LogP contribution in [0.15, 0.2) is 30.3 Å². The summed E-state index contributed by atoms with van der Waals surface area (Å²) in [6, 6.07) is 8.61. The highest BCUT2D eigenvalue weighted by Crippen LogP contribution is 2.33. The van der Waals surface area contributed by atoms with Crippen LogP contribution in [0.3, 0.4) is 0 Å². The molecule has 3 amide bonds. The largest absolute Gasteiger partial charge is 0.444 e. The Morgan fingerprint density at radius 2 is 1.80 bits per heavy atom. The third kappa shape index (κ3) is 7.04. The Morgan fingerprint density at radius 1 is 1.13 bits per heavy atom. The van der Waals surface area contributed by atoms with Crippen LogP contribution in [0.25, 0.3) is 0 Å². The smallest absolute Gasteiger partial charge is 0.408 e. The van der Waals surface area contributed by atoms with Crippen molar-refractivity contribution in [1.29, 1.82) is 0 Å². The summed E-state index contributed by atoms with van der Waals surface area (Å²) in [7, 11) is 0. The van der Waals surface area contributed by atoms with Crippen LogP contribution < -0.4 is 10.6 Å². The van der Waals surface area contributed by atoms with Gasteiger partial charge in [-0.25, -0.2) is 4.79 Å². The molecule has 1 aliphatic carbocycles. The summed E-state index contributed by atoms with van der Waals surface area (Å²) in [5.74, 6) is -0.475. The molecular weight excluding hydrogens is 382 g/mol. The van der Waals surface area contributed by atoms with E-state index in [1.54, 1.807) is 25.7 Å². The second kappa shape index (κ2) is 11.0. The first-order valence-electron chi connectivity index (χ1n) is 10.8. The molecule has 0 radical (unpaired) electrons. The summed E-state index contributed by atoms with van der Waals surface area (Å²) in [6.07, 6.45) is 3.93. The number of rotatable bonds is 9. The average Bonchev–Trinajstić information content (AvgIpc) is 2.64. The summed E-state index contributed by atoms with van der Waals surface area (Å²) in [5, 5.41) is 5.51. The van der Waals surface area contributed by atoms with Gasteiger partial charge in [-0.15, -0.1) is 0 Å².